The van der Waals surface area contributed by atoms with Gasteiger partial charge in [-0.2, -0.15) is 0 Å². The molecule has 0 radical (unpaired) electrons. The van der Waals surface area contributed by atoms with E-state index in [1.54, 1.807) is 0 Å². The molecule has 18 heavy (non-hydrogen) atoms. The smallest absolute Gasteiger partial charge is 0.292 e. The molecule has 2 aromatic rings. The van der Waals surface area contributed by atoms with Crippen LogP contribution in [0.3, 0.4) is 0 Å². The minimum atomic E-state index is -0.539. The number of hydrogen-bond donors (Lipinski definition) is 1. The number of anilines is 1. The molecule has 1 unspecified atom stereocenters. The molecule has 0 aliphatic carbocycles. The Bertz CT molecular complexity index is 619. The summed E-state index contributed by atoms with van der Waals surface area (Å²) >= 11 is 0. The molecule has 0 fully saturated rings. The predicted molar refractivity (Wildman–Crippen MR) is 68.4 cm³/mol. The maximum atomic E-state index is 12.1. The number of rotatable bonds is 1. The van der Waals surface area contributed by atoms with Crippen molar-refractivity contribution in [2.75, 3.05) is 5.32 Å². The Balaban J connectivity index is 2.18. The second kappa shape index (κ2) is 4.11. The van der Waals surface area contributed by atoms with Gasteiger partial charge in [-0.15, -0.1) is 0 Å². The van der Waals surface area contributed by atoms with Crippen molar-refractivity contribution in [3.05, 3.63) is 65.7 Å². The third-order valence-electron chi connectivity index (χ3n) is 3.14. The predicted octanol–water partition coefficient (Wildman–Crippen LogP) is 2.34. The number of amides is 1. The van der Waals surface area contributed by atoms with Crippen molar-refractivity contribution in [2.45, 2.75) is 5.92 Å². The van der Waals surface area contributed by atoms with E-state index in [-0.39, 0.29) is 0 Å². The van der Waals surface area contributed by atoms with E-state index in [1.165, 1.54) is 0 Å². The van der Waals surface area contributed by atoms with E-state index in [0.717, 1.165) is 16.8 Å². The van der Waals surface area contributed by atoms with Gasteiger partial charge in [0.25, 0.3) is 5.91 Å². The van der Waals surface area contributed by atoms with Crippen LogP contribution in [0.2, 0.25) is 0 Å². The molecule has 1 amide bonds. The molecule has 3 heteroatoms. The summed E-state index contributed by atoms with van der Waals surface area (Å²) in [5, 5.41) is 2.62. The molecule has 1 atom stereocenters. The van der Waals surface area contributed by atoms with Gasteiger partial charge in [0, 0.05) is 5.69 Å². The van der Waals surface area contributed by atoms with Gasteiger partial charge in [0.05, 0.1) is 5.92 Å². The number of carbonyl (C=O) groups excluding carboxylic acids is 2. The van der Waals surface area contributed by atoms with Gasteiger partial charge >= 0.3 is 0 Å². The molecule has 3 nitrogen and oxygen atoms in total. The topological polar surface area (TPSA) is 46.2 Å². The Hall–Kier alpha value is -2.42. The van der Waals surface area contributed by atoms with E-state index in [0.29, 0.717) is 0 Å². The van der Waals surface area contributed by atoms with Gasteiger partial charge in [-0.3, -0.25) is 9.59 Å². The molecule has 0 aromatic heterocycles. The summed E-state index contributed by atoms with van der Waals surface area (Å²) in [7, 11) is 0. The lowest BCUT2D eigenvalue weighted by molar-refractivity contribution is -0.135. The Morgan fingerprint density at radius 2 is 1.50 bits per heavy atom. The third kappa shape index (κ3) is 1.61. The molecule has 0 bridgehead atoms. The van der Waals surface area contributed by atoms with Crippen molar-refractivity contribution < 1.29 is 9.59 Å². The highest BCUT2D eigenvalue weighted by atomic mass is 16.2. The van der Waals surface area contributed by atoms with Crippen LogP contribution < -0.4 is 5.32 Å². The van der Waals surface area contributed by atoms with Crippen LogP contribution in [0.15, 0.2) is 54.6 Å². The van der Waals surface area contributed by atoms with E-state index < -0.39 is 17.6 Å². The molecule has 1 aliphatic heterocycles. The summed E-state index contributed by atoms with van der Waals surface area (Å²) in [6, 6.07) is 16.8. The van der Waals surface area contributed by atoms with Gasteiger partial charge < -0.3 is 5.32 Å². The third-order valence-corrected chi connectivity index (χ3v) is 3.14. The maximum absolute atomic E-state index is 12.1. The van der Waals surface area contributed by atoms with E-state index >= 15 is 0 Å². The SMILES string of the molecule is O=C1Nc2ccccc2C(c2ccccc2)C1=O. The number of hydrogen-bond acceptors (Lipinski definition) is 2. The van der Waals surface area contributed by atoms with Crippen LogP contribution >= 0.6 is 0 Å². The van der Waals surface area contributed by atoms with Gasteiger partial charge in [0.1, 0.15) is 0 Å². The lowest BCUT2D eigenvalue weighted by atomic mass is 9.84. The quantitative estimate of drug-likeness (QED) is 0.774. The van der Waals surface area contributed by atoms with Crippen LogP contribution in [0, 0.1) is 0 Å². The standard InChI is InChI=1S/C15H11NO2/c17-14-13(10-6-2-1-3-7-10)11-8-4-5-9-12(11)16-15(14)18/h1-9,13H,(H,16,18). The first kappa shape index (κ1) is 10.7. The number of Topliss-reactive ketones (excluding diaryl/α,β-unsaturated/α-hetero) is 1. The number of para-hydroxylation sites is 1. The number of nitrogens with one attached hydrogen (secondary N) is 1. The van der Waals surface area contributed by atoms with Gasteiger partial charge in [0.15, 0.2) is 0 Å². The Morgan fingerprint density at radius 1 is 0.833 bits per heavy atom. The zero-order valence-corrected chi connectivity index (χ0v) is 9.59. The minimum absolute atomic E-state index is 0.403. The first-order valence-corrected chi connectivity index (χ1v) is 5.76. The number of carbonyl (C=O) groups is 2. The molecule has 1 aliphatic rings. The van der Waals surface area contributed by atoms with E-state index in [9.17, 15) is 9.59 Å². The Morgan fingerprint density at radius 3 is 2.28 bits per heavy atom. The van der Waals surface area contributed by atoms with Crippen LogP contribution in [0.25, 0.3) is 0 Å². The second-order valence-corrected chi connectivity index (χ2v) is 4.25. The number of benzene rings is 2. The first-order valence-electron chi connectivity index (χ1n) is 5.76. The zero-order chi connectivity index (χ0) is 12.5. The average molecular weight is 237 g/mol. The van der Waals surface area contributed by atoms with Gasteiger partial charge in [-0.05, 0) is 17.2 Å². The van der Waals surface area contributed by atoms with Crippen LogP contribution in [0.1, 0.15) is 17.0 Å². The summed E-state index contributed by atoms with van der Waals surface area (Å²) in [5.74, 6) is -1.43. The van der Waals surface area contributed by atoms with E-state index in [1.807, 2.05) is 54.6 Å². The fourth-order valence-corrected chi connectivity index (χ4v) is 2.30. The van der Waals surface area contributed by atoms with Crippen LogP contribution in [-0.2, 0) is 9.59 Å². The highest BCUT2D eigenvalue weighted by Crippen LogP contribution is 2.34. The van der Waals surface area contributed by atoms with Crippen molar-refractivity contribution in [1.29, 1.82) is 0 Å². The normalized spacial score (nSPS) is 18.1. The molecule has 0 spiro atoms. The number of ketones is 1. The molecule has 0 saturated carbocycles. The summed E-state index contributed by atoms with van der Waals surface area (Å²) in [5.41, 5.74) is 2.43. The van der Waals surface area contributed by atoms with Crippen LogP contribution in [0.4, 0.5) is 5.69 Å². The van der Waals surface area contributed by atoms with Crippen molar-refractivity contribution in [2.24, 2.45) is 0 Å². The largest absolute Gasteiger partial charge is 0.319 e. The molecule has 88 valence electrons. The summed E-state index contributed by atoms with van der Waals surface area (Å²) in [6.45, 7) is 0. The molecule has 3 rings (SSSR count). The molecule has 2 aromatic carbocycles. The van der Waals surface area contributed by atoms with Crippen molar-refractivity contribution in [3.8, 4) is 0 Å². The average Bonchev–Trinajstić information content (AvgIpc) is 2.41. The molecule has 0 saturated heterocycles. The van der Waals surface area contributed by atoms with Crippen LogP contribution in [0.5, 0.6) is 0 Å². The second-order valence-electron chi connectivity index (χ2n) is 4.25. The highest BCUT2D eigenvalue weighted by Gasteiger charge is 2.34. The van der Waals surface area contributed by atoms with E-state index in [4.69, 9.17) is 0 Å². The van der Waals surface area contributed by atoms with E-state index in [2.05, 4.69) is 5.32 Å². The van der Waals surface area contributed by atoms with Gasteiger partial charge in [-0.1, -0.05) is 48.5 Å². The lowest BCUT2D eigenvalue weighted by Crippen LogP contribution is -2.34. The first-order chi connectivity index (χ1) is 8.77. The van der Waals surface area contributed by atoms with Crippen molar-refractivity contribution in [1.82, 2.24) is 0 Å². The van der Waals surface area contributed by atoms with Gasteiger partial charge in [-0.25, -0.2) is 0 Å². The zero-order valence-electron chi connectivity index (χ0n) is 9.59. The molecular weight excluding hydrogens is 226 g/mol. The molecule has 1 heterocycles. The Kier molecular flexibility index (Phi) is 2.45. The lowest BCUT2D eigenvalue weighted by Gasteiger charge is -2.24. The Labute approximate surface area is 104 Å². The summed E-state index contributed by atoms with van der Waals surface area (Å²) in [4.78, 5) is 23.8. The summed E-state index contributed by atoms with van der Waals surface area (Å²) < 4.78 is 0. The van der Waals surface area contributed by atoms with Crippen LogP contribution in [-0.4, -0.2) is 11.7 Å². The number of fused-ring (bicyclic) bond motifs is 1. The fourth-order valence-electron chi connectivity index (χ4n) is 2.30. The minimum Gasteiger partial charge on any atom is -0.319 e. The molecular formula is C15H11NO2. The maximum Gasteiger partial charge on any atom is 0.292 e. The monoisotopic (exact) mass is 237 g/mol. The van der Waals surface area contributed by atoms with Crippen molar-refractivity contribution >= 4 is 17.4 Å². The fraction of sp³-hybridized carbons (Fsp3) is 0.0667. The highest BCUT2D eigenvalue weighted by molar-refractivity contribution is 6.44. The van der Waals surface area contributed by atoms with Crippen molar-refractivity contribution in [3.63, 3.8) is 0 Å². The van der Waals surface area contributed by atoms with Gasteiger partial charge in [0.2, 0.25) is 5.78 Å². The summed E-state index contributed by atoms with van der Waals surface area (Å²) in [6.07, 6.45) is 0. The molecule has 1 N–H and O–H groups in total.